The van der Waals surface area contributed by atoms with Crippen molar-refractivity contribution < 1.29 is 27.4 Å². The molecule has 0 aliphatic heterocycles. The summed E-state index contributed by atoms with van der Waals surface area (Å²) in [6.07, 6.45) is 0.683. The number of benzene rings is 3. The van der Waals surface area contributed by atoms with Gasteiger partial charge >= 0.3 is 0 Å². The van der Waals surface area contributed by atoms with Crippen molar-refractivity contribution in [1.82, 2.24) is 5.32 Å². The monoisotopic (exact) mass is 484 g/mol. The molecule has 180 valence electrons. The lowest BCUT2D eigenvalue weighted by Gasteiger charge is -2.13. The van der Waals surface area contributed by atoms with Gasteiger partial charge in [-0.2, -0.15) is 0 Å². The van der Waals surface area contributed by atoms with E-state index in [-0.39, 0.29) is 17.4 Å². The Kier molecular flexibility index (Phi) is 8.37. The Morgan fingerprint density at radius 2 is 1.50 bits per heavy atom. The molecular formula is C25H28N2O6S. The van der Waals surface area contributed by atoms with Crippen LogP contribution in [-0.4, -0.2) is 41.7 Å². The molecule has 0 bridgehead atoms. The van der Waals surface area contributed by atoms with Crippen LogP contribution >= 0.6 is 0 Å². The average molecular weight is 485 g/mol. The van der Waals surface area contributed by atoms with Crippen LogP contribution in [-0.2, 0) is 21.2 Å². The van der Waals surface area contributed by atoms with Crippen LogP contribution in [0.2, 0.25) is 0 Å². The maximum Gasteiger partial charge on any atom is 0.261 e. The topological polar surface area (TPSA) is 103 Å². The molecule has 0 fully saturated rings. The Morgan fingerprint density at radius 1 is 0.882 bits per heavy atom. The molecule has 0 heterocycles. The highest BCUT2D eigenvalue weighted by atomic mass is 32.2. The first-order chi connectivity index (χ1) is 16.3. The lowest BCUT2D eigenvalue weighted by Crippen LogP contribution is -2.30. The van der Waals surface area contributed by atoms with Gasteiger partial charge in [0.1, 0.15) is 17.2 Å². The predicted octanol–water partition coefficient (Wildman–Crippen LogP) is 3.55. The number of nitrogens with one attached hydrogen (secondary N) is 2. The third kappa shape index (κ3) is 6.89. The van der Waals surface area contributed by atoms with Crippen molar-refractivity contribution in [1.29, 1.82) is 0 Å². The van der Waals surface area contributed by atoms with Gasteiger partial charge in [0.15, 0.2) is 6.61 Å². The molecular weight excluding hydrogens is 456 g/mol. The quantitative estimate of drug-likeness (QED) is 0.432. The van der Waals surface area contributed by atoms with Crippen molar-refractivity contribution in [3.63, 3.8) is 0 Å². The Bertz CT molecular complexity index is 1210. The van der Waals surface area contributed by atoms with E-state index >= 15 is 0 Å². The van der Waals surface area contributed by atoms with Gasteiger partial charge in [0.25, 0.3) is 15.9 Å². The number of anilines is 1. The van der Waals surface area contributed by atoms with Crippen LogP contribution in [0.15, 0.2) is 71.6 Å². The molecule has 3 aromatic rings. The predicted molar refractivity (Wildman–Crippen MR) is 130 cm³/mol. The SMILES string of the molecule is COc1ccc(CCNC(=O)COc2ccc(S(=O)(=O)Nc3ccc(OC)cc3)cc2C)cc1. The van der Waals surface area contributed by atoms with E-state index in [0.29, 0.717) is 35.7 Å². The second kappa shape index (κ2) is 11.4. The van der Waals surface area contributed by atoms with E-state index in [2.05, 4.69) is 10.0 Å². The standard InChI is InChI=1S/C25H28N2O6S/c1-18-16-23(34(29,30)27-20-6-10-22(32-3)11-7-20)12-13-24(18)33-17-25(28)26-15-14-19-4-8-21(31-2)9-5-19/h4-13,16,27H,14-15,17H2,1-3H3,(H,26,28). The minimum absolute atomic E-state index is 0.0945. The lowest BCUT2D eigenvalue weighted by atomic mass is 10.1. The van der Waals surface area contributed by atoms with Crippen molar-refractivity contribution in [2.75, 3.05) is 32.1 Å². The fourth-order valence-corrected chi connectivity index (χ4v) is 4.30. The van der Waals surface area contributed by atoms with E-state index in [9.17, 15) is 13.2 Å². The number of sulfonamides is 1. The lowest BCUT2D eigenvalue weighted by molar-refractivity contribution is -0.123. The minimum atomic E-state index is -3.78. The summed E-state index contributed by atoms with van der Waals surface area (Å²) in [5, 5.41) is 2.81. The van der Waals surface area contributed by atoms with Crippen LogP contribution in [0.1, 0.15) is 11.1 Å². The highest BCUT2D eigenvalue weighted by Gasteiger charge is 2.16. The smallest absolute Gasteiger partial charge is 0.261 e. The Morgan fingerprint density at radius 3 is 2.09 bits per heavy atom. The molecule has 8 nitrogen and oxygen atoms in total. The molecule has 0 aliphatic carbocycles. The third-order valence-corrected chi connectivity index (χ3v) is 6.43. The molecule has 0 aliphatic rings. The molecule has 3 aromatic carbocycles. The molecule has 0 aromatic heterocycles. The third-order valence-electron chi connectivity index (χ3n) is 5.05. The van der Waals surface area contributed by atoms with Gasteiger partial charge in [-0.1, -0.05) is 12.1 Å². The highest BCUT2D eigenvalue weighted by Crippen LogP contribution is 2.24. The van der Waals surface area contributed by atoms with E-state index in [1.54, 1.807) is 44.4 Å². The zero-order valence-corrected chi connectivity index (χ0v) is 20.1. The van der Waals surface area contributed by atoms with Gasteiger partial charge < -0.3 is 19.5 Å². The van der Waals surface area contributed by atoms with E-state index < -0.39 is 10.0 Å². The fourth-order valence-electron chi connectivity index (χ4n) is 3.16. The molecule has 0 spiro atoms. The van der Waals surface area contributed by atoms with Crippen molar-refractivity contribution in [3.05, 3.63) is 77.9 Å². The van der Waals surface area contributed by atoms with E-state index in [4.69, 9.17) is 14.2 Å². The highest BCUT2D eigenvalue weighted by molar-refractivity contribution is 7.92. The number of carbonyl (C=O) groups is 1. The maximum atomic E-state index is 12.7. The molecule has 0 saturated carbocycles. The van der Waals surface area contributed by atoms with Gasteiger partial charge in [0.2, 0.25) is 0 Å². The molecule has 1 amide bonds. The van der Waals surface area contributed by atoms with Crippen molar-refractivity contribution in [3.8, 4) is 17.2 Å². The Labute approximate surface area is 199 Å². The normalized spacial score (nSPS) is 10.9. The Balaban J connectivity index is 1.51. The van der Waals surface area contributed by atoms with Crippen molar-refractivity contribution in [2.24, 2.45) is 0 Å². The summed E-state index contributed by atoms with van der Waals surface area (Å²) in [5.74, 6) is 1.59. The van der Waals surface area contributed by atoms with Gasteiger partial charge in [0.05, 0.1) is 19.1 Å². The zero-order valence-electron chi connectivity index (χ0n) is 19.3. The molecule has 2 N–H and O–H groups in total. The second-order valence-electron chi connectivity index (χ2n) is 7.50. The minimum Gasteiger partial charge on any atom is -0.497 e. The van der Waals surface area contributed by atoms with Crippen molar-refractivity contribution >= 4 is 21.6 Å². The first-order valence-corrected chi connectivity index (χ1v) is 12.1. The van der Waals surface area contributed by atoms with E-state index in [1.807, 2.05) is 24.3 Å². The summed E-state index contributed by atoms with van der Waals surface area (Å²) in [4.78, 5) is 12.2. The second-order valence-corrected chi connectivity index (χ2v) is 9.18. The molecule has 9 heteroatoms. The number of aryl methyl sites for hydroxylation is 1. The van der Waals surface area contributed by atoms with Crippen LogP contribution in [0.25, 0.3) is 0 Å². The van der Waals surface area contributed by atoms with E-state index in [1.165, 1.54) is 19.2 Å². The van der Waals surface area contributed by atoms with Crippen molar-refractivity contribution in [2.45, 2.75) is 18.2 Å². The van der Waals surface area contributed by atoms with Gasteiger partial charge in [-0.15, -0.1) is 0 Å². The van der Waals surface area contributed by atoms with Gasteiger partial charge in [-0.05, 0) is 79.1 Å². The molecule has 0 atom stereocenters. The van der Waals surface area contributed by atoms with Crippen LogP contribution in [0.5, 0.6) is 17.2 Å². The first-order valence-electron chi connectivity index (χ1n) is 10.6. The summed E-state index contributed by atoms with van der Waals surface area (Å²) >= 11 is 0. The molecule has 3 rings (SSSR count). The molecule has 0 radical (unpaired) electrons. The number of carbonyl (C=O) groups excluding carboxylic acids is 1. The summed E-state index contributed by atoms with van der Waals surface area (Å²) in [5.41, 5.74) is 2.10. The molecule has 0 saturated heterocycles. The summed E-state index contributed by atoms with van der Waals surface area (Å²) in [7, 11) is -0.626. The maximum absolute atomic E-state index is 12.7. The number of rotatable bonds is 11. The van der Waals surface area contributed by atoms with Crippen LogP contribution in [0.4, 0.5) is 5.69 Å². The summed E-state index contributed by atoms with van der Waals surface area (Å²) < 4.78 is 43.7. The van der Waals surface area contributed by atoms with Gasteiger partial charge in [-0.3, -0.25) is 9.52 Å². The van der Waals surface area contributed by atoms with Gasteiger partial charge in [0, 0.05) is 12.2 Å². The first kappa shape index (κ1) is 24.9. The number of hydrogen-bond donors (Lipinski definition) is 2. The largest absolute Gasteiger partial charge is 0.497 e. The number of ether oxygens (including phenoxy) is 3. The van der Waals surface area contributed by atoms with Crippen LogP contribution in [0, 0.1) is 6.92 Å². The molecule has 0 unspecified atom stereocenters. The number of amides is 1. The Hall–Kier alpha value is -3.72. The molecule has 34 heavy (non-hydrogen) atoms. The van der Waals surface area contributed by atoms with E-state index in [0.717, 1.165) is 11.3 Å². The van der Waals surface area contributed by atoms with Gasteiger partial charge in [-0.25, -0.2) is 8.42 Å². The average Bonchev–Trinajstić information content (AvgIpc) is 2.84. The number of methoxy groups -OCH3 is 2. The van der Waals surface area contributed by atoms with Crippen LogP contribution < -0.4 is 24.2 Å². The van der Waals surface area contributed by atoms with Crippen LogP contribution in [0.3, 0.4) is 0 Å². The fraction of sp³-hybridized carbons (Fsp3) is 0.240. The zero-order chi connectivity index (χ0) is 24.6. The summed E-state index contributed by atoms with van der Waals surface area (Å²) in [6.45, 7) is 2.03. The number of hydrogen-bond acceptors (Lipinski definition) is 6. The summed E-state index contributed by atoms with van der Waals surface area (Å²) in [6, 6.07) is 18.7.